The van der Waals surface area contributed by atoms with Gasteiger partial charge in [-0.1, -0.05) is 26.2 Å². The van der Waals surface area contributed by atoms with Crippen LogP contribution < -0.4 is 5.32 Å². The van der Waals surface area contributed by atoms with Crippen LogP contribution in [-0.4, -0.2) is 26.3 Å². The molecule has 0 aromatic heterocycles. The van der Waals surface area contributed by atoms with Crippen molar-refractivity contribution in [3.8, 4) is 0 Å². The second kappa shape index (κ2) is 4.84. The summed E-state index contributed by atoms with van der Waals surface area (Å²) in [6.45, 7) is 4.42. The molecule has 0 radical (unpaired) electrons. The molecule has 2 atom stereocenters. The fraction of sp³-hybridized carbons (Fsp3) is 1.00. The van der Waals surface area contributed by atoms with Crippen LogP contribution in [0.4, 0.5) is 0 Å². The molecule has 1 heterocycles. The van der Waals surface area contributed by atoms with E-state index in [4.69, 9.17) is 4.74 Å². The highest BCUT2D eigenvalue weighted by Crippen LogP contribution is 2.42. The molecule has 1 saturated heterocycles. The maximum atomic E-state index is 5.54. The van der Waals surface area contributed by atoms with E-state index in [1.165, 1.54) is 38.5 Å². The van der Waals surface area contributed by atoms with E-state index in [0.717, 1.165) is 19.1 Å². The van der Waals surface area contributed by atoms with Crippen molar-refractivity contribution in [2.24, 2.45) is 11.3 Å². The van der Waals surface area contributed by atoms with Gasteiger partial charge in [-0.25, -0.2) is 0 Å². The van der Waals surface area contributed by atoms with Gasteiger partial charge in [0.25, 0.3) is 0 Å². The summed E-state index contributed by atoms with van der Waals surface area (Å²) in [7, 11) is 2.13. The zero-order valence-corrected chi connectivity index (χ0v) is 10.2. The van der Waals surface area contributed by atoms with Gasteiger partial charge in [-0.15, -0.1) is 0 Å². The standard InChI is InChI=1S/C13H25NO/c1-13(7-4-3-5-8-13)12(14-2)11-6-9-15-10-11/h11-12,14H,3-10H2,1-2H3. The lowest BCUT2D eigenvalue weighted by Crippen LogP contribution is -2.48. The molecular weight excluding hydrogens is 186 g/mol. The second-order valence-corrected chi connectivity index (χ2v) is 5.60. The van der Waals surface area contributed by atoms with Crippen LogP contribution in [0, 0.1) is 11.3 Å². The van der Waals surface area contributed by atoms with Crippen molar-refractivity contribution in [1.29, 1.82) is 0 Å². The summed E-state index contributed by atoms with van der Waals surface area (Å²) in [4.78, 5) is 0. The van der Waals surface area contributed by atoms with Gasteiger partial charge in [0.2, 0.25) is 0 Å². The molecule has 2 heteroatoms. The van der Waals surface area contributed by atoms with Crippen LogP contribution in [0.25, 0.3) is 0 Å². The van der Waals surface area contributed by atoms with Crippen LogP contribution in [-0.2, 0) is 4.74 Å². The fourth-order valence-corrected chi connectivity index (χ4v) is 3.64. The van der Waals surface area contributed by atoms with E-state index in [-0.39, 0.29) is 0 Å². The lowest BCUT2D eigenvalue weighted by atomic mass is 9.67. The highest BCUT2D eigenvalue weighted by atomic mass is 16.5. The second-order valence-electron chi connectivity index (χ2n) is 5.60. The maximum absolute atomic E-state index is 5.54. The smallest absolute Gasteiger partial charge is 0.0510 e. The Morgan fingerprint density at radius 3 is 2.53 bits per heavy atom. The van der Waals surface area contributed by atoms with Crippen molar-refractivity contribution in [3.05, 3.63) is 0 Å². The molecule has 1 N–H and O–H groups in total. The van der Waals surface area contributed by atoms with Crippen LogP contribution in [0.3, 0.4) is 0 Å². The third kappa shape index (κ3) is 2.36. The predicted octanol–water partition coefficient (Wildman–Crippen LogP) is 2.58. The number of hydrogen-bond donors (Lipinski definition) is 1. The van der Waals surface area contributed by atoms with E-state index >= 15 is 0 Å². The molecule has 1 aliphatic heterocycles. The number of nitrogens with one attached hydrogen (secondary N) is 1. The Labute approximate surface area is 93.8 Å². The van der Waals surface area contributed by atoms with Crippen LogP contribution in [0.1, 0.15) is 45.4 Å². The van der Waals surface area contributed by atoms with E-state index in [0.29, 0.717) is 11.5 Å². The van der Waals surface area contributed by atoms with Crippen molar-refractivity contribution in [1.82, 2.24) is 5.32 Å². The number of ether oxygens (including phenoxy) is 1. The van der Waals surface area contributed by atoms with Crippen LogP contribution in [0.5, 0.6) is 0 Å². The molecule has 0 amide bonds. The molecular formula is C13H25NO. The lowest BCUT2D eigenvalue weighted by Gasteiger charge is -2.43. The molecule has 0 bridgehead atoms. The minimum Gasteiger partial charge on any atom is -0.381 e. The van der Waals surface area contributed by atoms with Crippen LogP contribution in [0.15, 0.2) is 0 Å². The molecule has 1 saturated carbocycles. The van der Waals surface area contributed by atoms with Crippen molar-refractivity contribution in [2.75, 3.05) is 20.3 Å². The monoisotopic (exact) mass is 211 g/mol. The number of hydrogen-bond acceptors (Lipinski definition) is 2. The molecule has 2 aliphatic rings. The topological polar surface area (TPSA) is 21.3 Å². The van der Waals surface area contributed by atoms with Gasteiger partial charge < -0.3 is 10.1 Å². The van der Waals surface area contributed by atoms with Gasteiger partial charge in [-0.3, -0.25) is 0 Å². The van der Waals surface area contributed by atoms with Crippen molar-refractivity contribution >= 4 is 0 Å². The Morgan fingerprint density at radius 2 is 2.00 bits per heavy atom. The Bertz CT molecular complexity index is 193. The molecule has 15 heavy (non-hydrogen) atoms. The quantitative estimate of drug-likeness (QED) is 0.774. The van der Waals surface area contributed by atoms with E-state index in [1.807, 2.05) is 0 Å². The van der Waals surface area contributed by atoms with Gasteiger partial charge in [0.1, 0.15) is 0 Å². The summed E-state index contributed by atoms with van der Waals surface area (Å²) in [5, 5.41) is 3.57. The molecule has 2 nitrogen and oxygen atoms in total. The zero-order chi connectivity index (χ0) is 10.7. The first-order valence-corrected chi connectivity index (χ1v) is 6.51. The van der Waals surface area contributed by atoms with Crippen molar-refractivity contribution in [2.45, 2.75) is 51.5 Å². The highest BCUT2D eigenvalue weighted by Gasteiger charge is 2.40. The maximum Gasteiger partial charge on any atom is 0.0510 e. The third-order valence-electron chi connectivity index (χ3n) is 4.49. The molecule has 0 aromatic carbocycles. The van der Waals surface area contributed by atoms with E-state index in [1.54, 1.807) is 0 Å². The Kier molecular flexibility index (Phi) is 3.68. The molecule has 2 fully saturated rings. The van der Waals surface area contributed by atoms with Gasteiger partial charge in [0.05, 0.1) is 6.61 Å². The minimum absolute atomic E-state index is 0.519. The fourth-order valence-electron chi connectivity index (χ4n) is 3.64. The molecule has 2 rings (SSSR count). The van der Waals surface area contributed by atoms with E-state index < -0.39 is 0 Å². The van der Waals surface area contributed by atoms with Gasteiger partial charge >= 0.3 is 0 Å². The molecule has 2 unspecified atom stereocenters. The van der Waals surface area contributed by atoms with Gasteiger partial charge in [-0.2, -0.15) is 0 Å². The lowest BCUT2D eigenvalue weighted by molar-refractivity contribution is 0.0951. The first kappa shape index (κ1) is 11.4. The summed E-state index contributed by atoms with van der Waals surface area (Å²) in [6, 6.07) is 0.667. The zero-order valence-electron chi connectivity index (χ0n) is 10.2. The van der Waals surface area contributed by atoms with Crippen molar-refractivity contribution in [3.63, 3.8) is 0 Å². The molecule has 0 spiro atoms. The summed E-state index contributed by atoms with van der Waals surface area (Å²) in [5.41, 5.74) is 0.519. The predicted molar refractivity (Wildman–Crippen MR) is 63.0 cm³/mol. The molecule has 1 aliphatic carbocycles. The third-order valence-corrected chi connectivity index (χ3v) is 4.49. The minimum atomic E-state index is 0.519. The van der Waals surface area contributed by atoms with Crippen LogP contribution >= 0.6 is 0 Å². The van der Waals surface area contributed by atoms with Gasteiger partial charge in [0, 0.05) is 18.6 Å². The summed E-state index contributed by atoms with van der Waals surface area (Å²) < 4.78 is 5.54. The normalized spacial score (nSPS) is 32.8. The summed E-state index contributed by atoms with van der Waals surface area (Å²) >= 11 is 0. The first-order chi connectivity index (χ1) is 7.26. The van der Waals surface area contributed by atoms with E-state index in [9.17, 15) is 0 Å². The summed E-state index contributed by atoms with van der Waals surface area (Å²) in [6.07, 6.45) is 8.32. The van der Waals surface area contributed by atoms with Gasteiger partial charge in [-0.05, 0) is 31.7 Å². The Hall–Kier alpha value is -0.0800. The average molecular weight is 211 g/mol. The highest BCUT2D eigenvalue weighted by molar-refractivity contribution is 4.94. The summed E-state index contributed by atoms with van der Waals surface area (Å²) in [5.74, 6) is 0.748. The molecule has 88 valence electrons. The SMILES string of the molecule is CNC(C1CCOC1)C1(C)CCCCC1. The van der Waals surface area contributed by atoms with E-state index in [2.05, 4.69) is 19.3 Å². The van der Waals surface area contributed by atoms with Crippen molar-refractivity contribution < 1.29 is 4.74 Å². The average Bonchev–Trinajstić information content (AvgIpc) is 2.73. The first-order valence-electron chi connectivity index (χ1n) is 6.51. The Balaban J connectivity index is 2.02. The Morgan fingerprint density at radius 1 is 1.27 bits per heavy atom. The van der Waals surface area contributed by atoms with Crippen LogP contribution in [0.2, 0.25) is 0 Å². The van der Waals surface area contributed by atoms with Gasteiger partial charge in [0.15, 0.2) is 0 Å². The molecule has 0 aromatic rings. The number of rotatable bonds is 3. The largest absolute Gasteiger partial charge is 0.381 e.